The summed E-state index contributed by atoms with van der Waals surface area (Å²) in [5.74, 6) is 2.08. The van der Waals surface area contributed by atoms with E-state index in [0.29, 0.717) is 45.2 Å². The molecule has 0 aliphatic carbocycles. The van der Waals surface area contributed by atoms with Crippen LogP contribution in [0.4, 0.5) is 9.18 Å². The molecule has 1 aliphatic rings. The minimum absolute atomic E-state index is 0.00200. The summed E-state index contributed by atoms with van der Waals surface area (Å²) >= 11 is 1.27. The summed E-state index contributed by atoms with van der Waals surface area (Å²) in [6, 6.07) is 7.70. The van der Waals surface area contributed by atoms with Crippen molar-refractivity contribution in [2.24, 2.45) is 0 Å². The second kappa shape index (κ2) is 10.2. The number of thiophene rings is 1. The Kier molecular flexibility index (Phi) is 6.82. The lowest BCUT2D eigenvalue weighted by molar-refractivity contribution is 0.0635. The van der Waals surface area contributed by atoms with Gasteiger partial charge in [-0.05, 0) is 44.0 Å². The maximum atomic E-state index is 15.5. The number of nitrogens with zero attached hydrogens (tertiary/aromatic N) is 3. The van der Waals surface area contributed by atoms with Crippen LogP contribution >= 0.6 is 11.3 Å². The maximum Gasteiger partial charge on any atom is 0.327 e. The molecule has 190 valence electrons. The standard InChI is InChI=1S/C27H25FN4O4S/c1-4-10-30-27(34)32-16(2)13-18-20(32)7-8-21(24(18)28)36-22-9-11-29-19-14-23(37-25(19)22)26(33)31-12-5-6-17(31)15-35-3/h1,7-9,11,13-14,17H,5-6,10,12,15H2,2-3H3,(H,30,34). The number of benzene rings is 1. The SMILES string of the molecule is C#CCNC(=O)n1c(C)cc2c(F)c(Oc3ccnc4cc(C(=O)N5CCCC5COC)sc34)ccc21. The van der Waals surface area contributed by atoms with Crippen LogP contribution in [0.5, 0.6) is 11.5 Å². The van der Waals surface area contributed by atoms with Crippen LogP contribution in [0.2, 0.25) is 0 Å². The van der Waals surface area contributed by atoms with Crippen molar-refractivity contribution >= 4 is 44.4 Å². The van der Waals surface area contributed by atoms with Crippen LogP contribution in [-0.4, -0.2) is 59.2 Å². The van der Waals surface area contributed by atoms with Crippen molar-refractivity contribution in [2.45, 2.75) is 25.8 Å². The number of fused-ring (bicyclic) bond motifs is 2. The number of pyridine rings is 1. The van der Waals surface area contributed by atoms with Crippen LogP contribution in [0.25, 0.3) is 21.1 Å². The highest BCUT2D eigenvalue weighted by Crippen LogP contribution is 2.38. The van der Waals surface area contributed by atoms with E-state index in [1.807, 2.05) is 4.90 Å². The molecular formula is C27H25FN4O4S. The molecule has 3 aromatic heterocycles. The Morgan fingerprint density at radius 1 is 1.30 bits per heavy atom. The van der Waals surface area contributed by atoms with Crippen molar-refractivity contribution in [1.29, 1.82) is 0 Å². The molecule has 2 amide bonds. The van der Waals surface area contributed by atoms with E-state index in [4.69, 9.17) is 15.9 Å². The first-order valence-electron chi connectivity index (χ1n) is 11.8. The minimum atomic E-state index is -0.596. The molecule has 4 heterocycles. The molecule has 5 rings (SSSR count). The topological polar surface area (TPSA) is 85.7 Å². The summed E-state index contributed by atoms with van der Waals surface area (Å²) < 4.78 is 28.8. The van der Waals surface area contributed by atoms with Gasteiger partial charge < -0.3 is 19.7 Å². The molecule has 1 N–H and O–H groups in total. The van der Waals surface area contributed by atoms with Gasteiger partial charge in [-0.1, -0.05) is 5.92 Å². The monoisotopic (exact) mass is 520 g/mol. The molecular weight excluding hydrogens is 495 g/mol. The molecule has 1 fully saturated rings. The predicted molar refractivity (Wildman–Crippen MR) is 140 cm³/mol. The Morgan fingerprint density at radius 2 is 2.14 bits per heavy atom. The van der Waals surface area contributed by atoms with Crippen molar-refractivity contribution in [3.63, 3.8) is 0 Å². The van der Waals surface area contributed by atoms with Crippen molar-refractivity contribution in [1.82, 2.24) is 19.8 Å². The van der Waals surface area contributed by atoms with Crippen molar-refractivity contribution in [2.75, 3.05) is 26.8 Å². The number of carbonyl (C=O) groups excluding carboxylic acids is 2. The largest absolute Gasteiger partial charge is 0.453 e. The summed E-state index contributed by atoms with van der Waals surface area (Å²) in [5.41, 5.74) is 1.56. The van der Waals surface area contributed by atoms with E-state index in [-0.39, 0.29) is 29.6 Å². The molecule has 0 spiro atoms. The number of methoxy groups -OCH3 is 1. The lowest BCUT2D eigenvalue weighted by Gasteiger charge is -2.23. The van der Waals surface area contributed by atoms with Gasteiger partial charge >= 0.3 is 6.03 Å². The van der Waals surface area contributed by atoms with Crippen LogP contribution in [0.1, 0.15) is 28.2 Å². The molecule has 1 saturated heterocycles. The Labute approximate surface area is 217 Å². The number of likely N-dealkylation sites (tertiary alicyclic amines) is 1. The number of amides is 2. The molecule has 10 heteroatoms. The van der Waals surface area contributed by atoms with Gasteiger partial charge in [0.1, 0.15) is 5.75 Å². The van der Waals surface area contributed by atoms with E-state index in [9.17, 15) is 9.59 Å². The summed E-state index contributed by atoms with van der Waals surface area (Å²) in [6.07, 6.45) is 8.63. The zero-order valence-corrected chi connectivity index (χ0v) is 21.2. The average Bonchev–Trinajstić information content (AvgIpc) is 3.61. The van der Waals surface area contributed by atoms with E-state index in [1.54, 1.807) is 44.5 Å². The summed E-state index contributed by atoms with van der Waals surface area (Å²) in [5, 5.41) is 2.84. The highest BCUT2D eigenvalue weighted by Gasteiger charge is 2.30. The third-order valence-electron chi connectivity index (χ3n) is 6.42. The first-order chi connectivity index (χ1) is 17.9. The van der Waals surface area contributed by atoms with Gasteiger partial charge in [0.05, 0.1) is 39.8 Å². The summed E-state index contributed by atoms with van der Waals surface area (Å²) in [7, 11) is 1.63. The third-order valence-corrected chi connectivity index (χ3v) is 7.54. The van der Waals surface area contributed by atoms with Crippen molar-refractivity contribution in [3.8, 4) is 23.8 Å². The molecule has 1 aliphatic heterocycles. The Balaban J connectivity index is 1.46. The molecule has 0 bridgehead atoms. The number of aromatic nitrogens is 2. The highest BCUT2D eigenvalue weighted by molar-refractivity contribution is 7.21. The van der Waals surface area contributed by atoms with Crippen LogP contribution in [0, 0.1) is 25.1 Å². The number of ether oxygens (including phenoxy) is 2. The van der Waals surface area contributed by atoms with Crippen molar-refractivity contribution in [3.05, 3.63) is 52.9 Å². The van der Waals surface area contributed by atoms with Gasteiger partial charge in [-0.15, -0.1) is 17.8 Å². The van der Waals surface area contributed by atoms with E-state index >= 15 is 4.39 Å². The lowest BCUT2D eigenvalue weighted by atomic mass is 10.2. The molecule has 37 heavy (non-hydrogen) atoms. The Bertz CT molecular complexity index is 1550. The first-order valence-corrected chi connectivity index (χ1v) is 12.6. The van der Waals surface area contributed by atoms with E-state index in [1.165, 1.54) is 22.0 Å². The van der Waals surface area contributed by atoms with Gasteiger partial charge in [0.15, 0.2) is 11.6 Å². The minimum Gasteiger partial charge on any atom is -0.453 e. The van der Waals surface area contributed by atoms with Crippen LogP contribution in [0.15, 0.2) is 36.5 Å². The fourth-order valence-electron chi connectivity index (χ4n) is 4.74. The number of halogens is 1. The van der Waals surface area contributed by atoms with Crippen LogP contribution in [-0.2, 0) is 4.74 Å². The number of carbonyl (C=O) groups is 2. The second-order valence-corrected chi connectivity index (χ2v) is 9.83. The molecule has 1 atom stereocenters. The number of rotatable bonds is 6. The lowest BCUT2D eigenvalue weighted by Crippen LogP contribution is -2.37. The predicted octanol–water partition coefficient (Wildman–Crippen LogP) is 4.93. The number of hydrogen-bond donors (Lipinski definition) is 1. The fourth-order valence-corrected chi connectivity index (χ4v) is 5.76. The number of hydrogen-bond acceptors (Lipinski definition) is 6. The van der Waals surface area contributed by atoms with Gasteiger partial charge in [0, 0.05) is 37.0 Å². The summed E-state index contributed by atoms with van der Waals surface area (Å²) in [4.78, 5) is 32.5. The van der Waals surface area contributed by atoms with E-state index in [2.05, 4.69) is 16.2 Å². The number of aryl methyl sites for hydroxylation is 1. The zero-order valence-electron chi connectivity index (χ0n) is 20.4. The first kappa shape index (κ1) is 24.7. The van der Waals surface area contributed by atoms with Gasteiger partial charge in [-0.25, -0.2) is 9.18 Å². The third kappa shape index (κ3) is 4.52. The smallest absolute Gasteiger partial charge is 0.327 e. The second-order valence-electron chi connectivity index (χ2n) is 8.78. The van der Waals surface area contributed by atoms with Gasteiger partial charge in [-0.2, -0.15) is 0 Å². The molecule has 4 aromatic rings. The van der Waals surface area contributed by atoms with Gasteiger partial charge in [0.25, 0.3) is 5.91 Å². The zero-order chi connectivity index (χ0) is 26.1. The molecule has 0 saturated carbocycles. The molecule has 0 radical (unpaired) electrons. The maximum absolute atomic E-state index is 15.5. The quantitative estimate of drug-likeness (QED) is 0.364. The van der Waals surface area contributed by atoms with Crippen molar-refractivity contribution < 1.29 is 23.5 Å². The summed E-state index contributed by atoms with van der Waals surface area (Å²) in [6.45, 7) is 2.96. The highest BCUT2D eigenvalue weighted by atomic mass is 32.1. The van der Waals surface area contributed by atoms with Crippen LogP contribution < -0.4 is 10.1 Å². The molecule has 8 nitrogen and oxygen atoms in total. The fraction of sp³-hybridized carbons (Fsp3) is 0.296. The average molecular weight is 521 g/mol. The van der Waals surface area contributed by atoms with E-state index < -0.39 is 11.8 Å². The number of nitrogens with one attached hydrogen (secondary N) is 1. The normalized spacial score (nSPS) is 15.3. The van der Waals surface area contributed by atoms with E-state index in [0.717, 1.165) is 12.8 Å². The Hall–Kier alpha value is -3.94. The van der Waals surface area contributed by atoms with Gasteiger partial charge in [-0.3, -0.25) is 14.3 Å². The molecule has 1 unspecified atom stereocenters. The Morgan fingerprint density at radius 3 is 2.92 bits per heavy atom. The van der Waals surface area contributed by atoms with Crippen LogP contribution in [0.3, 0.4) is 0 Å². The van der Waals surface area contributed by atoms with Gasteiger partial charge in [0.2, 0.25) is 0 Å². The molecule has 1 aromatic carbocycles. The number of terminal acetylenes is 1.